The molecule has 3 aromatic rings. The van der Waals surface area contributed by atoms with Crippen molar-refractivity contribution in [3.8, 4) is 0 Å². The lowest BCUT2D eigenvalue weighted by molar-refractivity contribution is -0.140. The fourth-order valence-electron chi connectivity index (χ4n) is 2.17. The van der Waals surface area contributed by atoms with E-state index in [1.54, 1.807) is 24.3 Å². The number of benzene rings is 2. The number of alkyl halides is 3. The molecule has 7 heteroatoms. The molecule has 0 unspecified atom stereocenters. The molecule has 2 aromatic carbocycles. The van der Waals surface area contributed by atoms with Crippen LogP contribution in [0.15, 0.2) is 48.5 Å². The Bertz CT molecular complexity index is 869. The normalized spacial score (nSPS) is 11.7. The summed E-state index contributed by atoms with van der Waals surface area (Å²) < 4.78 is 38.0. The quantitative estimate of drug-likeness (QED) is 0.671. The van der Waals surface area contributed by atoms with Crippen LogP contribution in [0.2, 0.25) is 5.02 Å². The summed E-state index contributed by atoms with van der Waals surface area (Å²) in [6, 6.07) is 11.8. The molecule has 2 N–H and O–H groups in total. The van der Waals surface area contributed by atoms with Gasteiger partial charge in [-0.15, -0.1) is 0 Å². The van der Waals surface area contributed by atoms with Gasteiger partial charge in [0.15, 0.2) is 0 Å². The van der Waals surface area contributed by atoms with Crippen molar-refractivity contribution >= 4 is 34.1 Å². The predicted octanol–water partition coefficient (Wildman–Crippen LogP) is 5.09. The van der Waals surface area contributed by atoms with Crippen LogP contribution >= 0.6 is 11.6 Å². The van der Waals surface area contributed by atoms with E-state index in [-0.39, 0.29) is 5.91 Å². The number of hydrogen-bond acceptors (Lipinski definition) is 1. The third-order valence-electron chi connectivity index (χ3n) is 3.29. The van der Waals surface area contributed by atoms with Gasteiger partial charge in [-0.3, -0.25) is 4.79 Å². The summed E-state index contributed by atoms with van der Waals surface area (Å²) in [6.45, 7) is 0. The Morgan fingerprint density at radius 3 is 2.39 bits per heavy atom. The number of carbonyl (C=O) groups is 1. The zero-order valence-electron chi connectivity index (χ0n) is 11.5. The lowest BCUT2D eigenvalue weighted by Gasteiger charge is -2.05. The molecule has 1 aromatic heterocycles. The molecule has 118 valence electrons. The lowest BCUT2D eigenvalue weighted by atomic mass is 10.2. The van der Waals surface area contributed by atoms with E-state index in [4.69, 9.17) is 11.6 Å². The van der Waals surface area contributed by atoms with Crippen molar-refractivity contribution in [2.45, 2.75) is 6.18 Å². The summed E-state index contributed by atoms with van der Waals surface area (Å²) in [6.07, 6.45) is -4.44. The fraction of sp³-hybridized carbons (Fsp3) is 0.0625. The molecule has 3 rings (SSSR count). The average molecular weight is 339 g/mol. The Balaban J connectivity index is 1.85. The number of amides is 1. The van der Waals surface area contributed by atoms with Gasteiger partial charge in [0.1, 0.15) is 5.69 Å². The topological polar surface area (TPSA) is 44.9 Å². The molecule has 0 aliphatic carbocycles. The van der Waals surface area contributed by atoms with Crippen molar-refractivity contribution in [3.63, 3.8) is 0 Å². The molecular weight excluding hydrogens is 329 g/mol. The monoisotopic (exact) mass is 338 g/mol. The predicted molar refractivity (Wildman–Crippen MR) is 82.7 cm³/mol. The second-order valence-corrected chi connectivity index (χ2v) is 5.38. The largest absolute Gasteiger partial charge is 0.431 e. The van der Waals surface area contributed by atoms with E-state index in [0.29, 0.717) is 27.2 Å². The van der Waals surface area contributed by atoms with Gasteiger partial charge in [-0.05, 0) is 48.5 Å². The number of H-pyrrole nitrogens is 1. The van der Waals surface area contributed by atoms with Crippen LogP contribution in [0.1, 0.15) is 16.1 Å². The fourth-order valence-corrected chi connectivity index (χ4v) is 2.29. The Labute approximate surface area is 134 Å². The van der Waals surface area contributed by atoms with E-state index in [1.165, 1.54) is 18.2 Å². The summed E-state index contributed by atoms with van der Waals surface area (Å²) in [5.41, 5.74) is 0.334. The van der Waals surface area contributed by atoms with E-state index < -0.39 is 11.9 Å². The Hall–Kier alpha value is -2.47. The highest BCUT2D eigenvalue weighted by atomic mass is 35.5. The number of rotatable bonds is 2. The zero-order valence-corrected chi connectivity index (χ0v) is 12.3. The summed E-state index contributed by atoms with van der Waals surface area (Å²) in [5, 5.41) is 3.52. The average Bonchev–Trinajstić information content (AvgIpc) is 2.91. The van der Waals surface area contributed by atoms with Crippen LogP contribution in [-0.2, 0) is 6.18 Å². The molecule has 23 heavy (non-hydrogen) atoms. The molecule has 0 atom stereocenters. The number of aromatic amines is 1. The van der Waals surface area contributed by atoms with Crippen LogP contribution in [0.25, 0.3) is 10.9 Å². The molecule has 0 radical (unpaired) electrons. The van der Waals surface area contributed by atoms with Crippen LogP contribution in [0.5, 0.6) is 0 Å². The number of nitrogens with one attached hydrogen (secondary N) is 2. The number of halogens is 4. The highest BCUT2D eigenvalue weighted by Gasteiger charge is 2.32. The smallest absolute Gasteiger partial charge is 0.351 e. The maximum absolute atomic E-state index is 12.7. The van der Waals surface area contributed by atoms with Crippen LogP contribution < -0.4 is 5.32 Å². The SMILES string of the molecule is O=C(Nc1ccc2[nH]c(C(F)(F)F)cc2c1)c1ccc(Cl)cc1. The van der Waals surface area contributed by atoms with Gasteiger partial charge in [-0.2, -0.15) is 13.2 Å². The minimum Gasteiger partial charge on any atom is -0.351 e. The van der Waals surface area contributed by atoms with E-state index in [9.17, 15) is 18.0 Å². The number of fused-ring (bicyclic) bond motifs is 1. The summed E-state index contributed by atoms with van der Waals surface area (Å²) in [4.78, 5) is 14.4. The van der Waals surface area contributed by atoms with Gasteiger partial charge < -0.3 is 10.3 Å². The zero-order chi connectivity index (χ0) is 16.6. The maximum Gasteiger partial charge on any atom is 0.431 e. The Morgan fingerprint density at radius 1 is 1.04 bits per heavy atom. The van der Waals surface area contributed by atoms with Gasteiger partial charge in [-0.1, -0.05) is 11.6 Å². The number of anilines is 1. The first-order chi connectivity index (χ1) is 10.8. The van der Waals surface area contributed by atoms with Gasteiger partial charge in [-0.25, -0.2) is 0 Å². The van der Waals surface area contributed by atoms with Crippen molar-refractivity contribution in [3.05, 3.63) is 64.8 Å². The second-order valence-electron chi connectivity index (χ2n) is 4.94. The van der Waals surface area contributed by atoms with Crippen molar-refractivity contribution in [1.29, 1.82) is 0 Å². The molecular formula is C16H10ClF3N2O. The van der Waals surface area contributed by atoms with Gasteiger partial charge in [0.2, 0.25) is 0 Å². The first-order valence-corrected chi connectivity index (χ1v) is 6.97. The molecule has 1 amide bonds. The van der Waals surface area contributed by atoms with Crippen LogP contribution in [0, 0.1) is 0 Å². The number of hydrogen-bond donors (Lipinski definition) is 2. The van der Waals surface area contributed by atoms with Crippen molar-refractivity contribution < 1.29 is 18.0 Å². The van der Waals surface area contributed by atoms with Crippen LogP contribution in [0.4, 0.5) is 18.9 Å². The Kier molecular flexibility index (Phi) is 3.77. The van der Waals surface area contributed by atoms with Gasteiger partial charge in [0, 0.05) is 27.2 Å². The highest BCUT2D eigenvalue weighted by Crippen LogP contribution is 2.32. The summed E-state index contributed by atoms with van der Waals surface area (Å²) >= 11 is 5.75. The first-order valence-electron chi connectivity index (χ1n) is 6.60. The lowest BCUT2D eigenvalue weighted by Crippen LogP contribution is -2.11. The number of carbonyl (C=O) groups excluding carboxylic acids is 1. The van der Waals surface area contributed by atoms with Gasteiger partial charge in [0.05, 0.1) is 0 Å². The third kappa shape index (κ3) is 3.32. The van der Waals surface area contributed by atoms with Crippen molar-refractivity contribution in [2.24, 2.45) is 0 Å². The number of aromatic nitrogens is 1. The third-order valence-corrected chi connectivity index (χ3v) is 3.54. The van der Waals surface area contributed by atoms with E-state index in [2.05, 4.69) is 10.3 Å². The van der Waals surface area contributed by atoms with Crippen molar-refractivity contribution in [2.75, 3.05) is 5.32 Å². The Morgan fingerprint density at radius 2 is 1.74 bits per heavy atom. The van der Waals surface area contributed by atoms with Crippen molar-refractivity contribution in [1.82, 2.24) is 4.98 Å². The molecule has 0 saturated heterocycles. The van der Waals surface area contributed by atoms with Gasteiger partial charge >= 0.3 is 6.18 Å². The summed E-state index contributed by atoms with van der Waals surface area (Å²) in [5.74, 6) is -0.368. The molecule has 1 heterocycles. The molecule has 0 spiro atoms. The van der Waals surface area contributed by atoms with E-state index in [1.807, 2.05) is 0 Å². The van der Waals surface area contributed by atoms with Crippen LogP contribution in [0.3, 0.4) is 0 Å². The minimum absolute atomic E-state index is 0.349. The van der Waals surface area contributed by atoms with Gasteiger partial charge in [0.25, 0.3) is 5.91 Å². The second kappa shape index (κ2) is 5.62. The highest BCUT2D eigenvalue weighted by molar-refractivity contribution is 6.30. The summed E-state index contributed by atoms with van der Waals surface area (Å²) in [7, 11) is 0. The van der Waals surface area contributed by atoms with E-state index in [0.717, 1.165) is 6.07 Å². The molecule has 0 saturated carbocycles. The standard InChI is InChI=1S/C16H10ClF3N2O/c17-11-3-1-9(2-4-11)15(23)21-12-5-6-13-10(7-12)8-14(22-13)16(18,19)20/h1-8,22H,(H,21,23). The molecule has 0 bridgehead atoms. The minimum atomic E-state index is -4.44. The first kappa shape index (κ1) is 15.4. The molecule has 3 nitrogen and oxygen atoms in total. The van der Waals surface area contributed by atoms with Crippen LogP contribution in [-0.4, -0.2) is 10.9 Å². The molecule has 0 aliphatic heterocycles. The molecule has 0 fully saturated rings. The maximum atomic E-state index is 12.7. The molecule has 0 aliphatic rings. The van der Waals surface area contributed by atoms with E-state index >= 15 is 0 Å².